The van der Waals surface area contributed by atoms with Crippen LogP contribution in [0.25, 0.3) is 0 Å². The van der Waals surface area contributed by atoms with Crippen molar-refractivity contribution in [3.8, 4) is 0 Å². The van der Waals surface area contributed by atoms with E-state index in [2.05, 4.69) is 0 Å². The molecule has 0 heterocycles. The Labute approximate surface area is 142 Å². The molecule has 0 bridgehead atoms. The van der Waals surface area contributed by atoms with E-state index in [0.717, 1.165) is 0 Å². The van der Waals surface area contributed by atoms with Gasteiger partial charge in [-0.1, -0.05) is 13.8 Å². The number of ether oxygens (including phenoxy) is 2. The fourth-order valence-corrected chi connectivity index (χ4v) is 1.82. The standard InChI is InChI=1S/C16H30O8/c1-3-11(17)7-5-9-23-15(21)13(19)14(20)16(22)24-10-6-8-12(18)4-2/h11-14,17-20H,3-10H2,1-2H3. The second-order valence-electron chi connectivity index (χ2n) is 5.63. The molecule has 8 heteroatoms. The van der Waals surface area contributed by atoms with Crippen molar-refractivity contribution in [1.82, 2.24) is 0 Å². The predicted molar refractivity (Wildman–Crippen MR) is 85.0 cm³/mol. The molecular formula is C16H30O8. The molecule has 0 aliphatic heterocycles. The van der Waals surface area contributed by atoms with E-state index in [-0.39, 0.29) is 13.2 Å². The number of esters is 2. The minimum absolute atomic E-state index is 0.0242. The average molecular weight is 350 g/mol. The van der Waals surface area contributed by atoms with Crippen LogP contribution in [-0.4, -0.2) is 70.0 Å². The highest BCUT2D eigenvalue weighted by Crippen LogP contribution is 2.05. The number of hydrogen-bond acceptors (Lipinski definition) is 8. The Hall–Kier alpha value is -1.22. The van der Waals surface area contributed by atoms with Crippen LogP contribution < -0.4 is 0 Å². The Morgan fingerprint density at radius 1 is 0.750 bits per heavy atom. The van der Waals surface area contributed by atoms with E-state index in [4.69, 9.17) is 9.47 Å². The number of rotatable bonds is 13. The molecule has 4 atom stereocenters. The number of hydrogen-bond donors (Lipinski definition) is 4. The lowest BCUT2D eigenvalue weighted by Gasteiger charge is -2.16. The van der Waals surface area contributed by atoms with Gasteiger partial charge < -0.3 is 29.9 Å². The van der Waals surface area contributed by atoms with Gasteiger partial charge in [-0.15, -0.1) is 0 Å². The molecule has 0 aliphatic rings. The summed E-state index contributed by atoms with van der Waals surface area (Å²) in [5, 5.41) is 37.8. The maximum absolute atomic E-state index is 11.5. The largest absolute Gasteiger partial charge is 0.464 e. The van der Waals surface area contributed by atoms with Crippen molar-refractivity contribution in [3.63, 3.8) is 0 Å². The van der Waals surface area contributed by atoms with Gasteiger partial charge in [-0.25, -0.2) is 9.59 Å². The molecule has 0 aromatic heterocycles. The molecular weight excluding hydrogens is 320 g/mol. The van der Waals surface area contributed by atoms with E-state index in [1.807, 2.05) is 13.8 Å². The van der Waals surface area contributed by atoms with Gasteiger partial charge in [-0.2, -0.15) is 0 Å². The van der Waals surface area contributed by atoms with Crippen LogP contribution in [0.1, 0.15) is 52.4 Å². The van der Waals surface area contributed by atoms with Gasteiger partial charge in [0.1, 0.15) is 0 Å². The van der Waals surface area contributed by atoms with Crippen LogP contribution in [0.4, 0.5) is 0 Å². The molecule has 0 fully saturated rings. The van der Waals surface area contributed by atoms with Gasteiger partial charge in [-0.3, -0.25) is 0 Å². The van der Waals surface area contributed by atoms with Gasteiger partial charge in [0, 0.05) is 0 Å². The number of carbonyl (C=O) groups is 2. The Bertz CT molecular complexity index is 326. The van der Waals surface area contributed by atoms with Crippen LogP contribution in [0.15, 0.2) is 0 Å². The van der Waals surface area contributed by atoms with Crippen LogP contribution >= 0.6 is 0 Å². The minimum Gasteiger partial charge on any atom is -0.464 e. The number of aliphatic hydroxyl groups is 4. The van der Waals surface area contributed by atoms with Crippen molar-refractivity contribution in [2.45, 2.75) is 76.8 Å². The summed E-state index contributed by atoms with van der Waals surface area (Å²) in [4.78, 5) is 23.1. The summed E-state index contributed by atoms with van der Waals surface area (Å²) < 4.78 is 9.48. The van der Waals surface area contributed by atoms with Crippen LogP contribution in [0.2, 0.25) is 0 Å². The van der Waals surface area contributed by atoms with Crippen LogP contribution in [0.5, 0.6) is 0 Å². The molecule has 4 N–H and O–H groups in total. The Balaban J connectivity index is 3.99. The first-order valence-electron chi connectivity index (χ1n) is 8.38. The molecule has 0 rings (SSSR count). The van der Waals surface area contributed by atoms with Crippen LogP contribution in [-0.2, 0) is 19.1 Å². The average Bonchev–Trinajstić information content (AvgIpc) is 2.59. The monoisotopic (exact) mass is 350 g/mol. The van der Waals surface area contributed by atoms with Crippen molar-refractivity contribution in [2.24, 2.45) is 0 Å². The zero-order valence-electron chi connectivity index (χ0n) is 14.4. The Kier molecular flexibility index (Phi) is 12.4. The second-order valence-corrected chi connectivity index (χ2v) is 5.63. The molecule has 0 aromatic carbocycles. The van der Waals surface area contributed by atoms with Gasteiger partial charge in [0.05, 0.1) is 25.4 Å². The van der Waals surface area contributed by atoms with Gasteiger partial charge in [-0.05, 0) is 38.5 Å². The summed E-state index contributed by atoms with van der Waals surface area (Å²) >= 11 is 0. The third-order valence-electron chi connectivity index (χ3n) is 3.58. The zero-order valence-corrected chi connectivity index (χ0v) is 14.4. The molecule has 4 unspecified atom stereocenters. The zero-order chi connectivity index (χ0) is 18.5. The molecule has 142 valence electrons. The molecule has 0 spiro atoms. The summed E-state index contributed by atoms with van der Waals surface area (Å²) in [5.74, 6) is -2.24. The lowest BCUT2D eigenvalue weighted by Crippen LogP contribution is -2.41. The third-order valence-corrected chi connectivity index (χ3v) is 3.58. The van der Waals surface area contributed by atoms with Crippen molar-refractivity contribution < 1.29 is 39.5 Å². The molecule has 0 saturated carbocycles. The summed E-state index contributed by atoms with van der Waals surface area (Å²) in [6.07, 6.45) is -2.07. The molecule has 0 aromatic rings. The maximum Gasteiger partial charge on any atom is 0.338 e. The highest BCUT2D eigenvalue weighted by molar-refractivity contribution is 5.85. The van der Waals surface area contributed by atoms with Crippen molar-refractivity contribution in [3.05, 3.63) is 0 Å². The van der Waals surface area contributed by atoms with Crippen molar-refractivity contribution in [2.75, 3.05) is 13.2 Å². The van der Waals surface area contributed by atoms with Crippen LogP contribution in [0.3, 0.4) is 0 Å². The quantitative estimate of drug-likeness (QED) is 0.267. The molecule has 8 nitrogen and oxygen atoms in total. The van der Waals surface area contributed by atoms with Crippen molar-refractivity contribution in [1.29, 1.82) is 0 Å². The second kappa shape index (κ2) is 13.1. The Morgan fingerprint density at radius 3 is 1.38 bits per heavy atom. The lowest BCUT2D eigenvalue weighted by atomic mass is 10.1. The van der Waals surface area contributed by atoms with Crippen LogP contribution in [0, 0.1) is 0 Å². The first-order valence-corrected chi connectivity index (χ1v) is 8.38. The molecule has 0 saturated heterocycles. The number of carbonyl (C=O) groups excluding carboxylic acids is 2. The lowest BCUT2D eigenvalue weighted by molar-refractivity contribution is -0.173. The predicted octanol–water partition coefficient (Wildman–Crippen LogP) is -0.103. The van der Waals surface area contributed by atoms with Gasteiger partial charge >= 0.3 is 11.9 Å². The highest BCUT2D eigenvalue weighted by Gasteiger charge is 2.32. The molecule has 0 radical (unpaired) electrons. The summed E-state index contributed by atoms with van der Waals surface area (Å²) in [6.45, 7) is 3.60. The molecule has 0 amide bonds. The summed E-state index contributed by atoms with van der Waals surface area (Å²) in [7, 11) is 0. The van der Waals surface area contributed by atoms with Gasteiger partial charge in [0.15, 0.2) is 12.2 Å². The van der Waals surface area contributed by atoms with E-state index in [1.165, 1.54) is 0 Å². The van der Waals surface area contributed by atoms with E-state index in [9.17, 15) is 30.0 Å². The summed E-state index contributed by atoms with van der Waals surface area (Å²) in [6, 6.07) is 0. The first-order chi connectivity index (χ1) is 11.3. The maximum atomic E-state index is 11.5. The van der Waals surface area contributed by atoms with Gasteiger partial charge in [0.2, 0.25) is 0 Å². The first kappa shape index (κ1) is 22.8. The third kappa shape index (κ3) is 9.82. The Morgan fingerprint density at radius 2 is 1.08 bits per heavy atom. The van der Waals surface area contributed by atoms with Gasteiger partial charge in [0.25, 0.3) is 0 Å². The number of aliphatic hydroxyl groups excluding tert-OH is 4. The molecule has 0 aliphatic carbocycles. The molecule has 24 heavy (non-hydrogen) atoms. The fourth-order valence-electron chi connectivity index (χ4n) is 1.82. The van der Waals surface area contributed by atoms with E-state index >= 15 is 0 Å². The van der Waals surface area contributed by atoms with Crippen molar-refractivity contribution >= 4 is 11.9 Å². The smallest absolute Gasteiger partial charge is 0.338 e. The topological polar surface area (TPSA) is 134 Å². The van der Waals surface area contributed by atoms with E-state index < -0.39 is 36.4 Å². The minimum atomic E-state index is -2.02. The van der Waals surface area contributed by atoms with E-state index in [0.29, 0.717) is 38.5 Å². The fraction of sp³-hybridized carbons (Fsp3) is 0.875. The van der Waals surface area contributed by atoms with E-state index in [1.54, 1.807) is 0 Å². The highest BCUT2D eigenvalue weighted by atomic mass is 16.6. The SMILES string of the molecule is CCC(O)CCCOC(=O)C(O)C(O)C(=O)OCCCC(O)CC. The normalized spacial score (nSPS) is 16.1. The summed E-state index contributed by atoms with van der Waals surface area (Å²) in [5.41, 5.74) is 0.